The minimum Gasteiger partial charge on any atom is -0.378 e. The van der Waals surface area contributed by atoms with Gasteiger partial charge < -0.3 is 4.90 Å². The number of aryl methyl sites for hydroxylation is 1. The van der Waals surface area contributed by atoms with Crippen molar-refractivity contribution in [1.29, 1.82) is 0 Å². The lowest BCUT2D eigenvalue weighted by Gasteiger charge is -2.32. The molecule has 0 N–H and O–H groups in total. The van der Waals surface area contributed by atoms with Gasteiger partial charge in [0, 0.05) is 30.4 Å². The average Bonchev–Trinajstić information content (AvgIpc) is 2.95. The molecule has 0 bridgehead atoms. The van der Waals surface area contributed by atoms with E-state index in [1.54, 1.807) is 5.56 Å². The van der Waals surface area contributed by atoms with Gasteiger partial charge in [-0.25, -0.2) is 0 Å². The van der Waals surface area contributed by atoms with E-state index < -0.39 is 0 Å². The van der Waals surface area contributed by atoms with Crippen molar-refractivity contribution < 1.29 is 0 Å². The van der Waals surface area contributed by atoms with E-state index in [9.17, 15) is 0 Å². The molecule has 28 heavy (non-hydrogen) atoms. The number of benzene rings is 1. The average molecular weight is 402 g/mol. The van der Waals surface area contributed by atoms with Gasteiger partial charge in [0.15, 0.2) is 0 Å². The summed E-state index contributed by atoms with van der Waals surface area (Å²) < 4.78 is 0. The fourth-order valence-electron chi connectivity index (χ4n) is 3.51. The zero-order valence-corrected chi connectivity index (χ0v) is 20.1. The maximum atomic E-state index is 4.00. The predicted octanol–water partition coefficient (Wildman–Crippen LogP) is 7.68. The highest BCUT2D eigenvalue weighted by molar-refractivity contribution is 7.99. The second kappa shape index (κ2) is 17.6. The van der Waals surface area contributed by atoms with E-state index in [4.69, 9.17) is 0 Å². The summed E-state index contributed by atoms with van der Waals surface area (Å²) in [6.07, 6.45) is 26.9. The van der Waals surface area contributed by atoms with Crippen LogP contribution in [-0.2, 0) is 6.42 Å². The van der Waals surface area contributed by atoms with Gasteiger partial charge in [-0.1, -0.05) is 53.4 Å². The number of hydrogen-bond acceptors (Lipinski definition) is 2. The van der Waals surface area contributed by atoms with Crippen molar-refractivity contribution in [1.82, 2.24) is 0 Å². The molecule has 0 fully saturated rings. The van der Waals surface area contributed by atoms with E-state index >= 15 is 0 Å². The topological polar surface area (TPSA) is 3.24 Å². The van der Waals surface area contributed by atoms with Crippen molar-refractivity contribution in [3.05, 3.63) is 23.8 Å². The Morgan fingerprint density at radius 3 is 1.96 bits per heavy atom. The highest BCUT2D eigenvalue weighted by atomic mass is 32.2. The number of fused-ring (bicyclic) bond motifs is 1. The number of unbranched alkanes of at least 4 members (excludes halogenated alkanes) is 2. The molecule has 2 heteroatoms. The van der Waals surface area contributed by atoms with Gasteiger partial charge in [-0.2, -0.15) is 0 Å². The van der Waals surface area contributed by atoms with E-state index in [1.807, 2.05) is 13.8 Å². The fourth-order valence-corrected chi connectivity index (χ4v) is 4.91. The number of terminal acetylenes is 2. The highest BCUT2D eigenvalue weighted by Gasteiger charge is 2.31. The van der Waals surface area contributed by atoms with Crippen LogP contribution in [0.4, 0.5) is 5.69 Å². The third kappa shape index (κ3) is 9.61. The fraction of sp³-hybridized carbons (Fsp3) is 0.615. The third-order valence-electron chi connectivity index (χ3n) is 5.14. The molecule has 0 aromatic heterocycles. The molecule has 0 atom stereocenters. The van der Waals surface area contributed by atoms with Crippen molar-refractivity contribution >= 4 is 17.4 Å². The van der Waals surface area contributed by atoms with Gasteiger partial charge in [-0.05, 0) is 54.9 Å². The Bertz CT molecular complexity index is 528. The zero-order valence-electron chi connectivity index (χ0n) is 19.3. The Hall–Kier alpha value is -1.51. The van der Waals surface area contributed by atoms with Crippen molar-refractivity contribution in [2.45, 2.75) is 84.0 Å². The number of rotatable bonds is 7. The molecule has 0 aliphatic carbocycles. The summed E-state index contributed by atoms with van der Waals surface area (Å²) in [5, 5.41) is 0. The first-order valence-electron chi connectivity index (χ1n) is 10.7. The molecular weight excluding hydrogens is 358 g/mol. The molecule has 1 aromatic carbocycles. The second-order valence-corrected chi connectivity index (χ2v) is 8.20. The Labute approximate surface area is 181 Å². The van der Waals surface area contributed by atoms with Crippen LogP contribution in [0.15, 0.2) is 23.1 Å². The van der Waals surface area contributed by atoms with E-state index in [2.05, 4.69) is 88.5 Å². The van der Waals surface area contributed by atoms with Gasteiger partial charge in [0.2, 0.25) is 0 Å². The summed E-state index contributed by atoms with van der Waals surface area (Å²) in [5.74, 6) is 1.32. The largest absolute Gasteiger partial charge is 0.378 e. The zero-order chi connectivity index (χ0) is 22.0. The van der Waals surface area contributed by atoms with Crippen LogP contribution in [0, 0.1) is 31.1 Å². The first-order valence-corrected chi connectivity index (χ1v) is 11.7. The van der Waals surface area contributed by atoms with Crippen LogP contribution < -0.4 is 4.90 Å². The minimum atomic E-state index is 0.577. The lowest BCUT2D eigenvalue weighted by atomic mass is 9.75. The maximum absolute atomic E-state index is 4.00. The number of nitrogens with zero attached hydrogens (tertiary/aromatic N) is 1. The van der Waals surface area contributed by atoms with Gasteiger partial charge in [0.05, 0.1) is 0 Å². The minimum absolute atomic E-state index is 0.577. The molecule has 2 rings (SSSR count). The summed E-state index contributed by atoms with van der Waals surface area (Å²) in [7, 11) is 4.27. The van der Waals surface area contributed by atoms with Crippen LogP contribution in [-0.4, -0.2) is 19.8 Å². The van der Waals surface area contributed by atoms with Gasteiger partial charge in [-0.3, -0.25) is 0 Å². The molecule has 0 radical (unpaired) electrons. The van der Waals surface area contributed by atoms with Crippen LogP contribution in [0.2, 0.25) is 0 Å². The number of anilines is 1. The molecular formula is C26H43NS. The van der Waals surface area contributed by atoms with E-state index in [-0.39, 0.29) is 0 Å². The van der Waals surface area contributed by atoms with Crippen molar-refractivity contribution in [2.24, 2.45) is 5.41 Å². The second-order valence-electron chi connectivity index (χ2n) is 7.18. The first-order chi connectivity index (χ1) is 13.6. The number of thioether (sulfide) groups is 1. The highest BCUT2D eigenvalue weighted by Crippen LogP contribution is 2.45. The Morgan fingerprint density at radius 2 is 1.50 bits per heavy atom. The SMILES string of the molecule is C#C.C#C.CC.CCCCC1(CCCC)CCc2cc(N(C)C)ccc2SC1. The lowest BCUT2D eigenvalue weighted by Crippen LogP contribution is -2.24. The van der Waals surface area contributed by atoms with Gasteiger partial charge in [0.1, 0.15) is 0 Å². The molecule has 0 unspecified atom stereocenters. The standard InChI is InChI=1S/C20H33NS.C2H6.2C2H2/c1-5-7-12-20(13-8-6-2)14-11-17-15-18(21(3)4)9-10-19(17)22-16-20;3*1-2/h9-10,15H,5-8,11-14,16H2,1-4H3;1-2H3;2*1-2H. The van der Waals surface area contributed by atoms with Gasteiger partial charge in [0.25, 0.3) is 0 Å². The Balaban J connectivity index is 0. The van der Waals surface area contributed by atoms with Crippen LogP contribution in [0.1, 0.15) is 78.2 Å². The van der Waals surface area contributed by atoms with Crippen LogP contribution >= 0.6 is 11.8 Å². The summed E-state index contributed by atoms with van der Waals surface area (Å²) in [6.45, 7) is 8.66. The monoisotopic (exact) mass is 401 g/mol. The molecule has 0 amide bonds. The van der Waals surface area contributed by atoms with Crippen molar-refractivity contribution in [3.63, 3.8) is 0 Å². The van der Waals surface area contributed by atoms with Crippen LogP contribution in [0.5, 0.6) is 0 Å². The van der Waals surface area contributed by atoms with Crippen molar-refractivity contribution in [2.75, 3.05) is 24.7 Å². The first kappa shape index (κ1) is 28.7. The molecule has 1 nitrogen and oxygen atoms in total. The molecule has 0 spiro atoms. The van der Waals surface area contributed by atoms with E-state index in [0.29, 0.717) is 5.41 Å². The van der Waals surface area contributed by atoms with Crippen LogP contribution in [0.3, 0.4) is 0 Å². The summed E-state index contributed by atoms with van der Waals surface area (Å²) >= 11 is 2.12. The van der Waals surface area contributed by atoms with E-state index in [0.717, 1.165) is 0 Å². The van der Waals surface area contributed by atoms with Gasteiger partial charge in [-0.15, -0.1) is 37.5 Å². The molecule has 1 heterocycles. The number of hydrogen-bond donors (Lipinski definition) is 0. The smallest absolute Gasteiger partial charge is 0.0364 e. The van der Waals surface area contributed by atoms with Gasteiger partial charge >= 0.3 is 0 Å². The summed E-state index contributed by atoms with van der Waals surface area (Å²) in [6, 6.07) is 7.04. The lowest BCUT2D eigenvalue weighted by molar-refractivity contribution is 0.244. The normalized spacial score (nSPS) is 13.6. The van der Waals surface area contributed by atoms with Crippen LogP contribution in [0.25, 0.3) is 0 Å². The molecule has 1 aromatic rings. The molecule has 158 valence electrons. The Morgan fingerprint density at radius 1 is 0.964 bits per heavy atom. The predicted molar refractivity (Wildman–Crippen MR) is 132 cm³/mol. The van der Waals surface area contributed by atoms with E-state index in [1.165, 1.54) is 67.7 Å². The summed E-state index contributed by atoms with van der Waals surface area (Å²) in [4.78, 5) is 3.75. The molecule has 1 aliphatic rings. The molecule has 1 aliphatic heterocycles. The maximum Gasteiger partial charge on any atom is 0.0364 e. The van der Waals surface area contributed by atoms with Crippen molar-refractivity contribution in [3.8, 4) is 25.7 Å². The Kier molecular flexibility index (Phi) is 18.0. The quantitative estimate of drug-likeness (QED) is 0.431. The molecule has 0 saturated heterocycles. The molecule has 0 saturated carbocycles. The summed E-state index contributed by atoms with van der Waals surface area (Å²) in [5.41, 5.74) is 3.49. The third-order valence-corrected chi connectivity index (χ3v) is 6.61.